The number of nitrogens with zero attached hydrogens (tertiary/aromatic N) is 1. The van der Waals surface area contributed by atoms with Crippen LogP contribution in [0.2, 0.25) is 0 Å². The Hall–Kier alpha value is -3.22. The van der Waals surface area contributed by atoms with Crippen LogP contribution in [0.4, 0.5) is 0 Å². The van der Waals surface area contributed by atoms with Gasteiger partial charge in [0, 0.05) is 31.3 Å². The SMILES string of the molecule is CCCCNC(=O)[C@H](CC)N(Cc1ccc(C)cc1)C(=O)COc1cc(OC)cc(OC)c1. The molecule has 1 N–H and O–H groups in total. The van der Waals surface area contributed by atoms with Crippen LogP contribution in [0.15, 0.2) is 42.5 Å². The second-order valence-electron chi connectivity index (χ2n) is 7.91. The van der Waals surface area contributed by atoms with Gasteiger partial charge in [0.25, 0.3) is 5.91 Å². The third-order valence-electron chi connectivity index (χ3n) is 5.38. The quantitative estimate of drug-likeness (QED) is 0.459. The zero-order valence-electron chi connectivity index (χ0n) is 20.3. The first-order valence-corrected chi connectivity index (χ1v) is 11.4. The highest BCUT2D eigenvalue weighted by Gasteiger charge is 2.28. The highest BCUT2D eigenvalue weighted by molar-refractivity contribution is 5.88. The van der Waals surface area contributed by atoms with Gasteiger partial charge in [0.05, 0.1) is 14.2 Å². The lowest BCUT2D eigenvalue weighted by Crippen LogP contribution is -2.50. The van der Waals surface area contributed by atoms with E-state index in [0.717, 1.165) is 24.0 Å². The molecule has 0 aliphatic rings. The van der Waals surface area contributed by atoms with E-state index in [0.29, 0.717) is 36.8 Å². The number of amides is 2. The van der Waals surface area contributed by atoms with Gasteiger partial charge in [-0.3, -0.25) is 9.59 Å². The average Bonchev–Trinajstić information content (AvgIpc) is 2.83. The van der Waals surface area contributed by atoms with Gasteiger partial charge in [-0.15, -0.1) is 0 Å². The minimum absolute atomic E-state index is 0.144. The molecule has 0 bridgehead atoms. The van der Waals surface area contributed by atoms with Crippen LogP contribution < -0.4 is 19.5 Å². The first-order chi connectivity index (χ1) is 15.9. The summed E-state index contributed by atoms with van der Waals surface area (Å²) in [5.41, 5.74) is 2.09. The monoisotopic (exact) mass is 456 g/mol. The van der Waals surface area contributed by atoms with Crippen molar-refractivity contribution in [3.05, 3.63) is 53.6 Å². The number of unbranched alkanes of at least 4 members (excludes halogenated alkanes) is 1. The van der Waals surface area contributed by atoms with E-state index >= 15 is 0 Å². The van der Waals surface area contributed by atoms with Crippen molar-refractivity contribution >= 4 is 11.8 Å². The number of aryl methyl sites for hydroxylation is 1. The number of rotatable bonds is 13. The van der Waals surface area contributed by atoms with Crippen LogP contribution in [-0.2, 0) is 16.1 Å². The molecule has 0 radical (unpaired) electrons. The Bertz CT molecular complexity index is 876. The molecule has 7 nitrogen and oxygen atoms in total. The predicted molar refractivity (Wildman–Crippen MR) is 129 cm³/mol. The standard InChI is InChI=1S/C26H36N2O5/c1-6-8-13-27-26(30)24(7-2)28(17-20-11-9-19(3)10-12-20)25(29)18-33-23-15-21(31-4)14-22(16-23)32-5/h9-12,14-16,24H,6-8,13,17-18H2,1-5H3,(H,27,30)/t24-/m0/s1. The third kappa shape index (κ3) is 8.00. The molecule has 0 aliphatic heterocycles. The molecule has 1 atom stereocenters. The van der Waals surface area contributed by atoms with Gasteiger partial charge in [-0.05, 0) is 25.3 Å². The van der Waals surface area contributed by atoms with Crippen LogP contribution in [-0.4, -0.2) is 50.1 Å². The van der Waals surface area contributed by atoms with Crippen LogP contribution in [0, 0.1) is 6.92 Å². The number of hydrogen-bond donors (Lipinski definition) is 1. The van der Waals surface area contributed by atoms with Crippen LogP contribution in [0.25, 0.3) is 0 Å². The maximum absolute atomic E-state index is 13.3. The Kier molecular flexibility index (Phi) is 10.5. The number of benzene rings is 2. The van der Waals surface area contributed by atoms with Crippen LogP contribution in [0.1, 0.15) is 44.2 Å². The number of carbonyl (C=O) groups excluding carboxylic acids is 2. The van der Waals surface area contributed by atoms with E-state index in [4.69, 9.17) is 14.2 Å². The Morgan fingerprint density at radius 1 is 0.970 bits per heavy atom. The average molecular weight is 457 g/mol. The molecule has 0 spiro atoms. The molecule has 0 fully saturated rings. The van der Waals surface area contributed by atoms with Crippen molar-refractivity contribution in [3.63, 3.8) is 0 Å². The summed E-state index contributed by atoms with van der Waals surface area (Å²) in [6, 6.07) is 12.5. The summed E-state index contributed by atoms with van der Waals surface area (Å²) in [5.74, 6) is 1.17. The second-order valence-corrected chi connectivity index (χ2v) is 7.91. The van der Waals surface area contributed by atoms with Gasteiger partial charge in [0.15, 0.2) is 6.61 Å². The van der Waals surface area contributed by atoms with E-state index in [1.807, 2.05) is 38.1 Å². The van der Waals surface area contributed by atoms with Crippen molar-refractivity contribution < 1.29 is 23.8 Å². The van der Waals surface area contributed by atoms with Crippen molar-refractivity contribution in [2.45, 2.75) is 52.6 Å². The molecule has 0 heterocycles. The Balaban J connectivity index is 2.21. The van der Waals surface area contributed by atoms with E-state index in [1.54, 1.807) is 37.3 Å². The number of hydrogen-bond acceptors (Lipinski definition) is 5. The highest BCUT2D eigenvalue weighted by Crippen LogP contribution is 2.27. The van der Waals surface area contributed by atoms with E-state index in [9.17, 15) is 9.59 Å². The number of carbonyl (C=O) groups is 2. The van der Waals surface area contributed by atoms with Crippen molar-refractivity contribution in [1.29, 1.82) is 0 Å². The molecule has 33 heavy (non-hydrogen) atoms. The molecule has 0 saturated carbocycles. The van der Waals surface area contributed by atoms with Crippen molar-refractivity contribution in [1.82, 2.24) is 10.2 Å². The molecule has 2 amide bonds. The molecule has 2 rings (SSSR count). The van der Waals surface area contributed by atoms with E-state index in [1.165, 1.54) is 0 Å². The summed E-state index contributed by atoms with van der Waals surface area (Å²) >= 11 is 0. The lowest BCUT2D eigenvalue weighted by Gasteiger charge is -2.30. The normalized spacial score (nSPS) is 11.4. The first kappa shape index (κ1) is 26.0. The van der Waals surface area contributed by atoms with E-state index < -0.39 is 6.04 Å². The molecular weight excluding hydrogens is 420 g/mol. The molecule has 2 aromatic carbocycles. The fraction of sp³-hybridized carbons (Fsp3) is 0.462. The number of methoxy groups -OCH3 is 2. The predicted octanol–water partition coefficient (Wildman–Crippen LogP) is 4.11. The van der Waals surface area contributed by atoms with Crippen molar-refractivity contribution in [2.75, 3.05) is 27.4 Å². The Morgan fingerprint density at radius 3 is 2.12 bits per heavy atom. The van der Waals surface area contributed by atoms with E-state index in [-0.39, 0.29) is 18.4 Å². The lowest BCUT2D eigenvalue weighted by molar-refractivity contribution is -0.143. The maximum Gasteiger partial charge on any atom is 0.261 e. The van der Waals surface area contributed by atoms with Gasteiger partial charge >= 0.3 is 0 Å². The van der Waals surface area contributed by atoms with Crippen molar-refractivity contribution in [2.24, 2.45) is 0 Å². The van der Waals surface area contributed by atoms with Gasteiger partial charge in [-0.2, -0.15) is 0 Å². The van der Waals surface area contributed by atoms with Gasteiger partial charge in [-0.1, -0.05) is 50.1 Å². The number of ether oxygens (including phenoxy) is 3. The maximum atomic E-state index is 13.3. The van der Waals surface area contributed by atoms with E-state index in [2.05, 4.69) is 12.2 Å². The Labute approximate surface area is 197 Å². The van der Waals surface area contributed by atoms with Gasteiger partial charge in [-0.25, -0.2) is 0 Å². The van der Waals surface area contributed by atoms with Gasteiger partial charge in [0.2, 0.25) is 5.91 Å². The van der Waals surface area contributed by atoms with Crippen LogP contribution in [0.3, 0.4) is 0 Å². The molecular formula is C26H36N2O5. The summed E-state index contributed by atoms with van der Waals surface area (Å²) in [6.07, 6.45) is 2.39. The zero-order valence-corrected chi connectivity index (χ0v) is 20.3. The molecule has 0 aromatic heterocycles. The topological polar surface area (TPSA) is 77.1 Å². The molecule has 0 unspecified atom stereocenters. The highest BCUT2D eigenvalue weighted by atomic mass is 16.5. The summed E-state index contributed by atoms with van der Waals surface area (Å²) < 4.78 is 16.3. The lowest BCUT2D eigenvalue weighted by atomic mass is 10.1. The summed E-state index contributed by atoms with van der Waals surface area (Å²) in [7, 11) is 3.10. The first-order valence-electron chi connectivity index (χ1n) is 11.4. The molecule has 0 saturated heterocycles. The number of nitrogens with one attached hydrogen (secondary N) is 1. The summed E-state index contributed by atoms with van der Waals surface area (Å²) in [5, 5.41) is 2.96. The summed E-state index contributed by atoms with van der Waals surface area (Å²) in [4.78, 5) is 27.8. The minimum Gasteiger partial charge on any atom is -0.496 e. The fourth-order valence-electron chi connectivity index (χ4n) is 3.41. The van der Waals surface area contributed by atoms with Gasteiger partial charge in [0.1, 0.15) is 23.3 Å². The smallest absolute Gasteiger partial charge is 0.261 e. The molecule has 180 valence electrons. The zero-order chi connectivity index (χ0) is 24.2. The molecule has 2 aromatic rings. The van der Waals surface area contributed by atoms with Crippen LogP contribution in [0.5, 0.6) is 17.2 Å². The van der Waals surface area contributed by atoms with Crippen LogP contribution >= 0.6 is 0 Å². The summed E-state index contributed by atoms with van der Waals surface area (Å²) in [6.45, 7) is 6.71. The molecule has 0 aliphatic carbocycles. The minimum atomic E-state index is -0.584. The molecule has 7 heteroatoms. The van der Waals surface area contributed by atoms with Crippen molar-refractivity contribution in [3.8, 4) is 17.2 Å². The fourth-order valence-corrected chi connectivity index (χ4v) is 3.41. The Morgan fingerprint density at radius 2 is 1.58 bits per heavy atom. The third-order valence-corrected chi connectivity index (χ3v) is 5.38. The largest absolute Gasteiger partial charge is 0.496 e. The van der Waals surface area contributed by atoms with Gasteiger partial charge < -0.3 is 24.4 Å². The second kappa shape index (κ2) is 13.4.